The Morgan fingerprint density at radius 3 is 2.62 bits per heavy atom. The molecule has 0 saturated carbocycles. The highest BCUT2D eigenvalue weighted by molar-refractivity contribution is 9.10. The van der Waals surface area contributed by atoms with Gasteiger partial charge in [0.1, 0.15) is 5.78 Å². The van der Waals surface area contributed by atoms with Crippen LogP contribution in [0.5, 0.6) is 0 Å². The van der Waals surface area contributed by atoms with E-state index in [4.69, 9.17) is 0 Å². The maximum atomic E-state index is 13.0. The number of aliphatic hydroxyl groups is 1. The largest absolute Gasteiger partial charge is 0.375 e. The van der Waals surface area contributed by atoms with Crippen molar-refractivity contribution >= 4 is 33.3 Å². The first kappa shape index (κ1) is 18.8. The van der Waals surface area contributed by atoms with Crippen molar-refractivity contribution in [2.75, 3.05) is 11.4 Å². The van der Waals surface area contributed by atoms with Crippen molar-refractivity contribution in [3.05, 3.63) is 64.1 Å². The number of Topliss-reactive ketones (excluding diaryl/α,β-unsaturated/α-hetero) is 1. The molecule has 1 heterocycles. The molecule has 0 fully saturated rings. The fourth-order valence-electron chi connectivity index (χ4n) is 3.40. The molecule has 1 aliphatic rings. The third-order valence-electron chi connectivity index (χ3n) is 4.73. The van der Waals surface area contributed by atoms with Crippen molar-refractivity contribution in [2.45, 2.75) is 38.2 Å². The minimum Gasteiger partial charge on any atom is -0.375 e. The van der Waals surface area contributed by atoms with Gasteiger partial charge in [-0.25, -0.2) is 0 Å². The van der Waals surface area contributed by atoms with E-state index in [1.165, 1.54) is 0 Å². The van der Waals surface area contributed by atoms with E-state index >= 15 is 0 Å². The molecule has 1 amide bonds. The Morgan fingerprint density at radius 2 is 1.92 bits per heavy atom. The van der Waals surface area contributed by atoms with Crippen molar-refractivity contribution < 1.29 is 14.7 Å². The van der Waals surface area contributed by atoms with Gasteiger partial charge in [-0.2, -0.15) is 0 Å². The van der Waals surface area contributed by atoms with E-state index in [1.807, 2.05) is 42.5 Å². The molecule has 2 aromatic rings. The molecule has 0 aromatic heterocycles. The van der Waals surface area contributed by atoms with E-state index in [2.05, 4.69) is 22.9 Å². The summed E-state index contributed by atoms with van der Waals surface area (Å²) in [6, 6.07) is 14.8. The number of unbranched alkanes of at least 4 members (excludes halogenated alkanes) is 1. The molecule has 4 nitrogen and oxygen atoms in total. The average molecular weight is 416 g/mol. The summed E-state index contributed by atoms with van der Waals surface area (Å²) in [6.45, 7) is 2.60. The number of fused-ring (bicyclic) bond motifs is 1. The van der Waals surface area contributed by atoms with Crippen molar-refractivity contribution in [3.63, 3.8) is 0 Å². The molecular formula is C21H22BrNO3. The molecule has 0 aliphatic carbocycles. The summed E-state index contributed by atoms with van der Waals surface area (Å²) in [5, 5.41) is 11.2. The van der Waals surface area contributed by atoms with Crippen LogP contribution in [0.25, 0.3) is 0 Å². The average Bonchev–Trinajstić information content (AvgIpc) is 2.81. The number of hydrogen-bond acceptors (Lipinski definition) is 3. The number of carbonyl (C=O) groups is 2. The van der Waals surface area contributed by atoms with Gasteiger partial charge in [0.15, 0.2) is 5.60 Å². The van der Waals surface area contributed by atoms with Crippen LogP contribution in [0.3, 0.4) is 0 Å². The monoisotopic (exact) mass is 415 g/mol. The first-order chi connectivity index (χ1) is 12.5. The molecule has 0 unspecified atom stereocenters. The molecule has 3 rings (SSSR count). The van der Waals surface area contributed by atoms with E-state index < -0.39 is 11.5 Å². The number of halogens is 1. The molecule has 0 spiro atoms. The zero-order valence-corrected chi connectivity index (χ0v) is 16.3. The number of benzene rings is 2. The topological polar surface area (TPSA) is 57.6 Å². The standard InChI is InChI=1S/C21H22BrNO3/c1-2-3-11-23-19-10-9-16(22)13-18(19)21(26,20(23)25)14-17(24)12-15-7-5-4-6-8-15/h4-10,13,26H,2-3,11-12,14H2,1H3/t21-/m1/s1. The van der Waals surface area contributed by atoms with Gasteiger partial charge >= 0.3 is 0 Å². The van der Waals surface area contributed by atoms with E-state index in [-0.39, 0.29) is 18.6 Å². The van der Waals surface area contributed by atoms with Crippen LogP contribution >= 0.6 is 15.9 Å². The quantitative estimate of drug-likeness (QED) is 0.743. The maximum absolute atomic E-state index is 13.0. The molecule has 5 heteroatoms. The Morgan fingerprint density at radius 1 is 1.19 bits per heavy atom. The second-order valence-corrected chi connectivity index (χ2v) is 7.63. The summed E-state index contributed by atoms with van der Waals surface area (Å²) < 4.78 is 0.773. The predicted octanol–water partition coefficient (Wildman–Crippen LogP) is 3.99. The second kappa shape index (κ2) is 7.72. The normalized spacial score (nSPS) is 18.9. The minimum absolute atomic E-state index is 0.157. The van der Waals surface area contributed by atoms with E-state index in [0.29, 0.717) is 17.8 Å². The van der Waals surface area contributed by atoms with Crippen LogP contribution in [0.15, 0.2) is 53.0 Å². The Balaban J connectivity index is 1.88. The Kier molecular flexibility index (Phi) is 5.58. The number of amides is 1. The zero-order chi connectivity index (χ0) is 18.7. The third kappa shape index (κ3) is 3.60. The van der Waals surface area contributed by atoms with Crippen molar-refractivity contribution in [1.29, 1.82) is 0 Å². The molecule has 136 valence electrons. The Hall–Kier alpha value is -1.98. The smallest absolute Gasteiger partial charge is 0.264 e. The van der Waals surface area contributed by atoms with Crippen LogP contribution in [0, 0.1) is 0 Å². The summed E-state index contributed by atoms with van der Waals surface area (Å²) in [5.41, 5.74) is 0.290. The van der Waals surface area contributed by atoms with E-state index in [9.17, 15) is 14.7 Å². The molecule has 0 bridgehead atoms. The molecule has 1 aliphatic heterocycles. The van der Waals surface area contributed by atoms with Gasteiger partial charge < -0.3 is 10.0 Å². The Bertz CT molecular complexity index is 821. The number of nitrogens with zero attached hydrogens (tertiary/aromatic N) is 1. The summed E-state index contributed by atoms with van der Waals surface area (Å²) in [7, 11) is 0. The number of rotatable bonds is 7. The lowest BCUT2D eigenvalue weighted by atomic mass is 9.88. The van der Waals surface area contributed by atoms with Gasteiger partial charge in [0, 0.05) is 29.4 Å². The summed E-state index contributed by atoms with van der Waals surface area (Å²) in [5.74, 6) is -0.559. The van der Waals surface area contributed by atoms with Crippen LogP contribution in [-0.2, 0) is 21.6 Å². The van der Waals surface area contributed by atoms with Gasteiger partial charge in [-0.3, -0.25) is 9.59 Å². The first-order valence-electron chi connectivity index (χ1n) is 8.85. The summed E-state index contributed by atoms with van der Waals surface area (Å²) >= 11 is 3.40. The summed E-state index contributed by atoms with van der Waals surface area (Å²) in [6.07, 6.45) is 1.78. The highest BCUT2D eigenvalue weighted by Crippen LogP contribution is 2.44. The van der Waals surface area contributed by atoms with E-state index in [0.717, 1.165) is 22.9 Å². The number of carbonyl (C=O) groups excluding carboxylic acids is 2. The molecule has 2 aromatic carbocycles. The molecular weight excluding hydrogens is 394 g/mol. The number of anilines is 1. The fourth-order valence-corrected chi connectivity index (χ4v) is 3.76. The lowest BCUT2D eigenvalue weighted by Gasteiger charge is -2.22. The van der Waals surface area contributed by atoms with Gasteiger partial charge in [0.25, 0.3) is 5.91 Å². The van der Waals surface area contributed by atoms with Crippen molar-refractivity contribution in [1.82, 2.24) is 0 Å². The second-order valence-electron chi connectivity index (χ2n) is 6.71. The highest BCUT2D eigenvalue weighted by Gasteiger charge is 2.50. The molecule has 0 radical (unpaired) electrons. The van der Waals surface area contributed by atoms with Crippen LogP contribution in [-0.4, -0.2) is 23.3 Å². The lowest BCUT2D eigenvalue weighted by Crippen LogP contribution is -2.42. The van der Waals surface area contributed by atoms with Gasteiger partial charge in [-0.1, -0.05) is 59.6 Å². The van der Waals surface area contributed by atoms with Crippen LogP contribution in [0.4, 0.5) is 5.69 Å². The van der Waals surface area contributed by atoms with Crippen LogP contribution in [0.1, 0.15) is 37.3 Å². The lowest BCUT2D eigenvalue weighted by molar-refractivity contribution is -0.141. The minimum atomic E-state index is -1.79. The van der Waals surface area contributed by atoms with Gasteiger partial charge in [-0.05, 0) is 30.2 Å². The summed E-state index contributed by atoms with van der Waals surface area (Å²) in [4.78, 5) is 27.2. The molecule has 1 N–H and O–H groups in total. The Labute approximate surface area is 162 Å². The maximum Gasteiger partial charge on any atom is 0.264 e. The first-order valence-corrected chi connectivity index (χ1v) is 9.65. The van der Waals surface area contributed by atoms with Gasteiger partial charge in [-0.15, -0.1) is 0 Å². The predicted molar refractivity (Wildman–Crippen MR) is 105 cm³/mol. The SMILES string of the molecule is CCCCN1C(=O)[C@@](O)(CC(=O)Cc2ccccc2)c2cc(Br)ccc21. The third-order valence-corrected chi connectivity index (χ3v) is 5.22. The van der Waals surface area contributed by atoms with Crippen molar-refractivity contribution in [2.24, 2.45) is 0 Å². The fraction of sp³-hybridized carbons (Fsp3) is 0.333. The van der Waals surface area contributed by atoms with Crippen molar-refractivity contribution in [3.8, 4) is 0 Å². The van der Waals surface area contributed by atoms with Crippen LogP contribution in [0.2, 0.25) is 0 Å². The molecule has 1 atom stereocenters. The van der Waals surface area contributed by atoms with Gasteiger partial charge in [0.05, 0.1) is 5.69 Å². The van der Waals surface area contributed by atoms with E-state index in [1.54, 1.807) is 11.0 Å². The molecule has 26 heavy (non-hydrogen) atoms. The van der Waals surface area contributed by atoms with Crippen LogP contribution < -0.4 is 4.90 Å². The highest BCUT2D eigenvalue weighted by atomic mass is 79.9. The number of hydrogen-bond donors (Lipinski definition) is 1. The zero-order valence-electron chi connectivity index (χ0n) is 14.7. The number of ketones is 1. The molecule has 0 saturated heterocycles. The van der Waals surface area contributed by atoms with Gasteiger partial charge in [0.2, 0.25) is 0 Å².